The highest BCUT2D eigenvalue weighted by Crippen LogP contribution is 2.28. The van der Waals surface area contributed by atoms with Crippen molar-refractivity contribution in [1.29, 1.82) is 0 Å². The number of rotatable bonds is 12. The normalized spacial score (nSPS) is 11.7. The second-order valence-electron chi connectivity index (χ2n) is 15.9. The van der Waals surface area contributed by atoms with Crippen LogP contribution >= 0.6 is 69.6 Å². The van der Waals surface area contributed by atoms with Gasteiger partial charge in [-0.2, -0.15) is 0 Å². The van der Waals surface area contributed by atoms with E-state index >= 15 is 0 Å². The van der Waals surface area contributed by atoms with Gasteiger partial charge in [0, 0.05) is 16.7 Å². The number of aromatic nitrogens is 6. The zero-order chi connectivity index (χ0) is 43.2. The van der Waals surface area contributed by atoms with E-state index in [1.165, 1.54) is 32.3 Å². The first kappa shape index (κ1) is 41.7. The Morgan fingerprint density at radius 2 is 0.603 bits per heavy atom. The van der Waals surface area contributed by atoms with E-state index in [1.54, 1.807) is 0 Å². The Balaban J connectivity index is 0.985. The first-order chi connectivity index (χ1) is 30.7. The van der Waals surface area contributed by atoms with Gasteiger partial charge in [-0.15, -0.1) is 0 Å². The largest absolute Gasteiger partial charge is 0.255 e. The molecular formula is C51H39Cl6N6+3. The second-order valence-corrected chi connectivity index (χ2v) is 18.1. The van der Waals surface area contributed by atoms with Crippen LogP contribution in [0.5, 0.6) is 0 Å². The maximum Gasteiger partial charge on any atom is 0.255 e. The first-order valence-corrected chi connectivity index (χ1v) is 22.8. The number of hydrogen-bond acceptors (Lipinski definition) is 0. The van der Waals surface area contributed by atoms with Crippen molar-refractivity contribution >= 4 is 102 Å². The minimum absolute atomic E-state index is 0.452. The van der Waals surface area contributed by atoms with Crippen molar-refractivity contribution in [2.75, 3.05) is 0 Å². The Hall–Kier alpha value is -5.31. The molecule has 0 radical (unpaired) electrons. The highest BCUT2D eigenvalue weighted by Gasteiger charge is 2.26. The average molecular weight is 949 g/mol. The summed E-state index contributed by atoms with van der Waals surface area (Å²) in [6.45, 7) is 3.08. The third-order valence-corrected chi connectivity index (χ3v) is 14.4. The van der Waals surface area contributed by atoms with Crippen molar-refractivity contribution < 1.29 is 13.7 Å². The molecule has 10 rings (SSSR count). The summed E-state index contributed by atoms with van der Waals surface area (Å²) in [5, 5.41) is 9.81. The molecule has 0 aliphatic rings. The Morgan fingerprint density at radius 1 is 0.333 bits per heavy atom. The highest BCUT2D eigenvalue weighted by molar-refractivity contribution is 6.40. The fourth-order valence-electron chi connectivity index (χ4n) is 8.73. The van der Waals surface area contributed by atoms with E-state index in [2.05, 4.69) is 127 Å². The molecule has 0 bridgehead atoms. The summed E-state index contributed by atoms with van der Waals surface area (Å²) < 4.78 is 11.9. The predicted molar refractivity (Wildman–Crippen MR) is 257 cm³/mol. The zero-order valence-corrected chi connectivity index (χ0v) is 38.3. The Kier molecular flexibility index (Phi) is 11.7. The molecule has 0 saturated heterocycles. The van der Waals surface area contributed by atoms with Crippen LogP contribution in [0.15, 0.2) is 165 Å². The van der Waals surface area contributed by atoms with E-state index in [0.717, 1.165) is 33.4 Å². The van der Waals surface area contributed by atoms with Crippen LogP contribution in [0.25, 0.3) is 32.3 Å². The van der Waals surface area contributed by atoms with E-state index < -0.39 is 0 Å². The molecule has 0 aliphatic carbocycles. The lowest BCUT2D eigenvalue weighted by Crippen LogP contribution is -2.36. The number of imidazole rings is 3. The molecule has 0 amide bonds. The van der Waals surface area contributed by atoms with Gasteiger partial charge in [0.15, 0.2) is 0 Å². The molecule has 7 aromatic carbocycles. The van der Waals surface area contributed by atoms with Gasteiger partial charge in [-0.05, 0) is 137 Å². The smallest absolute Gasteiger partial charge is 0.215 e. The number of halogens is 6. The molecule has 0 N–H and O–H groups in total. The van der Waals surface area contributed by atoms with Gasteiger partial charge in [-0.3, -0.25) is 0 Å². The quantitative estimate of drug-likeness (QED) is 0.109. The summed E-state index contributed by atoms with van der Waals surface area (Å²) in [5.41, 5.74) is 6.51. The molecule has 12 heteroatoms. The molecule has 0 spiro atoms. The van der Waals surface area contributed by atoms with Crippen molar-refractivity contribution in [3.63, 3.8) is 0 Å². The lowest BCUT2D eigenvalue weighted by atomic mass is 10.0. The second kappa shape index (κ2) is 17.7. The maximum atomic E-state index is 7.01. The maximum absolute atomic E-state index is 7.01. The summed E-state index contributed by atoms with van der Waals surface area (Å²) in [6.07, 6.45) is 5.95. The fraction of sp³-hybridized carbons (Fsp3) is 0.118. The van der Waals surface area contributed by atoms with Crippen molar-refractivity contribution in [2.45, 2.75) is 39.3 Å². The van der Waals surface area contributed by atoms with Crippen LogP contribution in [0.2, 0.25) is 30.9 Å². The van der Waals surface area contributed by atoms with Gasteiger partial charge in [0.2, 0.25) is 19.0 Å². The van der Waals surface area contributed by atoms with Crippen LogP contribution in [0.3, 0.4) is 0 Å². The third kappa shape index (κ3) is 8.45. The van der Waals surface area contributed by atoms with Crippen molar-refractivity contribution in [3.05, 3.63) is 229 Å². The monoisotopic (exact) mass is 945 g/mol. The molecule has 0 fully saturated rings. The number of fused-ring (bicyclic) bond motifs is 3. The van der Waals surface area contributed by atoms with E-state index in [1.807, 2.05) is 64.6 Å². The van der Waals surface area contributed by atoms with Gasteiger partial charge < -0.3 is 0 Å². The van der Waals surface area contributed by atoms with Crippen LogP contribution in [0, 0.1) is 0 Å². The zero-order valence-electron chi connectivity index (χ0n) is 33.8. The van der Waals surface area contributed by atoms with Crippen LogP contribution < -0.4 is 13.7 Å². The van der Waals surface area contributed by atoms with Crippen LogP contribution in [0.1, 0.15) is 33.4 Å². The predicted octanol–water partition coefficient (Wildman–Crippen LogP) is 12.6. The minimum Gasteiger partial charge on any atom is -0.215 e. The Bertz CT molecular complexity index is 2970. The van der Waals surface area contributed by atoms with Crippen LogP contribution in [-0.4, -0.2) is 13.7 Å². The Morgan fingerprint density at radius 3 is 0.905 bits per heavy atom. The molecule has 10 aromatic rings. The summed E-state index contributed by atoms with van der Waals surface area (Å²) in [6, 6.07) is 50.5. The van der Waals surface area contributed by atoms with Gasteiger partial charge in [-0.1, -0.05) is 127 Å². The van der Waals surface area contributed by atoms with E-state index in [0.29, 0.717) is 70.2 Å². The van der Waals surface area contributed by atoms with Crippen LogP contribution in [0.4, 0.5) is 0 Å². The molecule has 312 valence electrons. The van der Waals surface area contributed by atoms with Gasteiger partial charge in [-0.25, -0.2) is 27.4 Å². The van der Waals surface area contributed by atoms with Gasteiger partial charge >= 0.3 is 0 Å². The Labute approximate surface area is 394 Å². The standard InChI is InChI=1S/C51H39Cl6N6/c52-46-49(55)61(28-40-16-7-13-37-10-1-4-19-43(37)40)31-58(46)25-34-22-35(26-59-32-62(50(56)47(59)53)29-41-17-8-14-38-11-2-5-20-44(38)41)24-36(23-34)27-60-33-63(51(57)48(60)54)30-42-18-9-15-39-12-3-6-21-45(39)42/h1-24,31-33H,25-30H2/q+3. The average Bonchev–Trinajstić information content (AvgIpc) is 3.83. The lowest BCUT2D eigenvalue weighted by molar-refractivity contribution is -0.687. The first-order valence-electron chi connectivity index (χ1n) is 20.5. The third-order valence-electron chi connectivity index (χ3n) is 11.7. The number of benzene rings is 7. The van der Waals surface area contributed by atoms with E-state index in [-0.39, 0.29) is 0 Å². The van der Waals surface area contributed by atoms with E-state index in [4.69, 9.17) is 69.6 Å². The lowest BCUT2D eigenvalue weighted by Gasteiger charge is -2.08. The molecule has 0 unspecified atom stereocenters. The van der Waals surface area contributed by atoms with Gasteiger partial charge in [0.25, 0.3) is 30.9 Å². The molecule has 3 heterocycles. The molecule has 0 aliphatic heterocycles. The van der Waals surface area contributed by atoms with Crippen molar-refractivity contribution in [2.24, 2.45) is 0 Å². The summed E-state index contributed by atoms with van der Waals surface area (Å²) in [5.74, 6) is 0. The summed E-state index contributed by atoms with van der Waals surface area (Å²) in [7, 11) is 0. The van der Waals surface area contributed by atoms with Gasteiger partial charge in [0.1, 0.15) is 39.3 Å². The van der Waals surface area contributed by atoms with Crippen molar-refractivity contribution in [3.8, 4) is 0 Å². The number of nitrogens with zero attached hydrogens (tertiary/aromatic N) is 6. The van der Waals surface area contributed by atoms with Gasteiger partial charge in [0.05, 0.1) is 0 Å². The molecule has 63 heavy (non-hydrogen) atoms. The van der Waals surface area contributed by atoms with Crippen LogP contribution in [-0.2, 0) is 39.3 Å². The van der Waals surface area contributed by atoms with E-state index in [9.17, 15) is 0 Å². The van der Waals surface area contributed by atoms with Crippen molar-refractivity contribution in [1.82, 2.24) is 13.7 Å². The SMILES string of the molecule is Clc1c(Cl)[n+](Cc2cc(C[n+]3cn(Cc4cccc5ccccc45)c(Cl)c3Cl)cc(C[n+]3cn(Cc4cccc5ccccc45)c(Cl)c3Cl)c2)cn1Cc1cccc2ccccc12. The molecule has 0 saturated carbocycles. The summed E-state index contributed by atoms with van der Waals surface area (Å²) >= 11 is 41.9. The minimum atomic E-state index is 0.452. The number of hydrogen-bond donors (Lipinski definition) is 0. The molecular weight excluding hydrogens is 909 g/mol. The summed E-state index contributed by atoms with van der Waals surface area (Å²) in [4.78, 5) is 0. The fourth-order valence-corrected chi connectivity index (χ4v) is 10.00. The molecule has 3 aromatic heterocycles. The molecule has 0 atom stereocenters. The highest BCUT2D eigenvalue weighted by atomic mass is 35.5. The molecule has 6 nitrogen and oxygen atoms in total. The topological polar surface area (TPSA) is 26.4 Å².